The Labute approximate surface area is 152 Å². The van der Waals surface area contributed by atoms with Crippen molar-refractivity contribution in [2.45, 2.75) is 38.5 Å². The lowest BCUT2D eigenvalue weighted by Gasteiger charge is -2.13. The molecule has 1 aromatic carbocycles. The van der Waals surface area contributed by atoms with Gasteiger partial charge in [0.1, 0.15) is 10.8 Å². The lowest BCUT2D eigenvalue weighted by molar-refractivity contribution is 0.415. The van der Waals surface area contributed by atoms with Gasteiger partial charge in [-0.15, -0.1) is 11.3 Å². The maximum absolute atomic E-state index is 5.26. The molecule has 1 aliphatic rings. The maximum atomic E-state index is 5.26. The summed E-state index contributed by atoms with van der Waals surface area (Å²) in [5.74, 6) is 1.53. The minimum Gasteiger partial charge on any atom is -0.497 e. The van der Waals surface area contributed by atoms with Crippen LogP contribution in [0.15, 0.2) is 42.7 Å². The van der Waals surface area contributed by atoms with Crippen LogP contribution in [0.1, 0.15) is 42.0 Å². The largest absolute Gasteiger partial charge is 0.497 e. The quantitative estimate of drug-likeness (QED) is 0.592. The molecule has 1 aliphatic carbocycles. The van der Waals surface area contributed by atoms with Crippen LogP contribution in [0.3, 0.4) is 0 Å². The van der Waals surface area contributed by atoms with Crippen LogP contribution >= 0.6 is 11.3 Å². The number of nitrogens with zero attached hydrogens (tertiary/aromatic N) is 2. The van der Waals surface area contributed by atoms with Crippen molar-refractivity contribution in [3.05, 3.63) is 53.2 Å². The standard InChI is InChI=1S/C21H22N2OS/c1-14-20(16-7-9-17(24-2)10-8-16)23-21(25-14)19-13-22-12-11-18(19)15-5-3-4-6-15/h7-13,15H,3-6H2,1-2H3. The van der Waals surface area contributed by atoms with Crippen molar-refractivity contribution in [1.29, 1.82) is 0 Å². The average Bonchev–Trinajstić information content (AvgIpc) is 3.32. The van der Waals surface area contributed by atoms with Crippen LogP contribution in [0, 0.1) is 6.92 Å². The molecule has 0 spiro atoms. The predicted molar refractivity (Wildman–Crippen MR) is 103 cm³/mol. The fraction of sp³-hybridized carbons (Fsp3) is 0.333. The Bertz CT molecular complexity index is 864. The van der Waals surface area contributed by atoms with E-state index in [2.05, 4.69) is 30.1 Å². The minimum atomic E-state index is 0.659. The van der Waals surface area contributed by atoms with Gasteiger partial charge in [0.2, 0.25) is 0 Å². The molecule has 4 heteroatoms. The van der Waals surface area contributed by atoms with Crippen molar-refractivity contribution in [2.24, 2.45) is 0 Å². The first-order valence-electron chi connectivity index (χ1n) is 8.82. The van der Waals surface area contributed by atoms with Gasteiger partial charge in [0.25, 0.3) is 0 Å². The first kappa shape index (κ1) is 16.3. The van der Waals surface area contributed by atoms with E-state index in [9.17, 15) is 0 Å². The Morgan fingerprint density at radius 3 is 2.56 bits per heavy atom. The van der Waals surface area contributed by atoms with Gasteiger partial charge in [-0.1, -0.05) is 12.8 Å². The van der Waals surface area contributed by atoms with E-state index in [1.54, 1.807) is 18.4 Å². The molecule has 25 heavy (non-hydrogen) atoms. The Kier molecular flexibility index (Phi) is 4.53. The van der Waals surface area contributed by atoms with E-state index in [0.29, 0.717) is 5.92 Å². The number of hydrogen-bond acceptors (Lipinski definition) is 4. The summed E-state index contributed by atoms with van der Waals surface area (Å²) in [6.07, 6.45) is 9.14. The molecule has 0 bridgehead atoms. The van der Waals surface area contributed by atoms with Crippen molar-refractivity contribution in [2.75, 3.05) is 7.11 Å². The number of thiazole rings is 1. The van der Waals surface area contributed by atoms with Gasteiger partial charge in [0.15, 0.2) is 0 Å². The highest BCUT2D eigenvalue weighted by Crippen LogP contribution is 2.41. The summed E-state index contributed by atoms with van der Waals surface area (Å²) in [5, 5.41) is 1.08. The average molecular weight is 350 g/mol. The number of methoxy groups -OCH3 is 1. The van der Waals surface area contributed by atoms with Crippen LogP contribution < -0.4 is 4.74 Å². The normalized spacial score (nSPS) is 14.8. The SMILES string of the molecule is COc1ccc(-c2nc(-c3cnccc3C3CCCC3)sc2C)cc1. The molecule has 3 aromatic rings. The Morgan fingerprint density at radius 1 is 1.08 bits per heavy atom. The number of aromatic nitrogens is 2. The highest BCUT2D eigenvalue weighted by Gasteiger charge is 2.22. The third-order valence-electron chi connectivity index (χ3n) is 5.04. The molecule has 128 valence electrons. The second-order valence-corrected chi connectivity index (χ2v) is 7.80. The van der Waals surface area contributed by atoms with Crippen molar-refractivity contribution in [1.82, 2.24) is 9.97 Å². The number of pyridine rings is 1. The van der Waals surface area contributed by atoms with E-state index in [1.807, 2.05) is 24.5 Å². The van der Waals surface area contributed by atoms with Gasteiger partial charge in [0, 0.05) is 28.4 Å². The Balaban J connectivity index is 1.73. The minimum absolute atomic E-state index is 0.659. The molecule has 1 saturated carbocycles. The van der Waals surface area contributed by atoms with Gasteiger partial charge in [-0.25, -0.2) is 4.98 Å². The van der Waals surface area contributed by atoms with Crippen LogP contribution in [0.4, 0.5) is 0 Å². The molecule has 0 unspecified atom stereocenters. The maximum Gasteiger partial charge on any atom is 0.126 e. The fourth-order valence-electron chi connectivity index (χ4n) is 3.71. The van der Waals surface area contributed by atoms with Crippen molar-refractivity contribution >= 4 is 11.3 Å². The zero-order chi connectivity index (χ0) is 17.2. The lowest BCUT2D eigenvalue weighted by atomic mass is 9.94. The number of ether oxygens (including phenoxy) is 1. The summed E-state index contributed by atoms with van der Waals surface area (Å²) in [7, 11) is 1.69. The summed E-state index contributed by atoms with van der Waals surface area (Å²) in [6, 6.07) is 10.3. The van der Waals surface area contributed by atoms with Crippen molar-refractivity contribution in [3.8, 4) is 27.6 Å². The molecule has 2 heterocycles. The van der Waals surface area contributed by atoms with Crippen molar-refractivity contribution < 1.29 is 4.74 Å². The van der Waals surface area contributed by atoms with Crippen LogP contribution in [-0.4, -0.2) is 17.1 Å². The Hall–Kier alpha value is -2.20. The first-order chi connectivity index (χ1) is 12.3. The van der Waals surface area contributed by atoms with E-state index in [-0.39, 0.29) is 0 Å². The smallest absolute Gasteiger partial charge is 0.126 e. The van der Waals surface area contributed by atoms with E-state index in [0.717, 1.165) is 22.0 Å². The Morgan fingerprint density at radius 2 is 1.84 bits per heavy atom. The third-order valence-corrected chi connectivity index (χ3v) is 6.04. The molecule has 0 amide bonds. The van der Waals surface area contributed by atoms with Crippen LogP contribution in [0.2, 0.25) is 0 Å². The topological polar surface area (TPSA) is 35.0 Å². The molecular weight excluding hydrogens is 328 g/mol. The van der Waals surface area contributed by atoms with Gasteiger partial charge in [-0.05, 0) is 61.6 Å². The number of benzene rings is 1. The monoisotopic (exact) mass is 350 g/mol. The second kappa shape index (κ2) is 6.96. The highest BCUT2D eigenvalue weighted by atomic mass is 32.1. The molecule has 0 saturated heterocycles. The number of rotatable bonds is 4. The molecule has 0 aliphatic heterocycles. The lowest BCUT2D eigenvalue weighted by Crippen LogP contribution is -1.96. The molecule has 3 nitrogen and oxygen atoms in total. The van der Waals surface area contributed by atoms with Gasteiger partial charge in [-0.2, -0.15) is 0 Å². The van der Waals surface area contributed by atoms with Crippen molar-refractivity contribution in [3.63, 3.8) is 0 Å². The number of aryl methyl sites for hydroxylation is 1. The molecule has 1 fully saturated rings. The van der Waals surface area contributed by atoms with Crippen LogP contribution in [0.25, 0.3) is 21.8 Å². The summed E-state index contributed by atoms with van der Waals surface area (Å²) >= 11 is 1.76. The van der Waals surface area contributed by atoms with Crippen LogP contribution in [-0.2, 0) is 0 Å². The van der Waals surface area contributed by atoms with Gasteiger partial charge >= 0.3 is 0 Å². The van der Waals surface area contributed by atoms with Gasteiger partial charge in [0.05, 0.1) is 12.8 Å². The van der Waals surface area contributed by atoms with E-state index in [4.69, 9.17) is 9.72 Å². The number of hydrogen-bond donors (Lipinski definition) is 0. The fourth-order valence-corrected chi connectivity index (χ4v) is 4.67. The molecule has 0 radical (unpaired) electrons. The third kappa shape index (κ3) is 3.19. The van der Waals surface area contributed by atoms with E-state index in [1.165, 1.54) is 41.7 Å². The van der Waals surface area contributed by atoms with E-state index < -0.39 is 0 Å². The molecule has 4 rings (SSSR count). The summed E-state index contributed by atoms with van der Waals surface area (Å²) in [6.45, 7) is 2.15. The van der Waals surface area contributed by atoms with Gasteiger partial charge in [-0.3, -0.25) is 4.98 Å². The molecule has 2 aromatic heterocycles. The molecule has 0 atom stereocenters. The summed E-state index contributed by atoms with van der Waals surface area (Å²) in [5.41, 5.74) is 4.82. The molecular formula is C21H22N2OS. The zero-order valence-electron chi connectivity index (χ0n) is 14.7. The molecule has 0 N–H and O–H groups in total. The summed E-state index contributed by atoms with van der Waals surface area (Å²) < 4.78 is 5.26. The predicted octanol–water partition coefficient (Wildman–Crippen LogP) is 5.85. The zero-order valence-corrected chi connectivity index (χ0v) is 15.5. The van der Waals surface area contributed by atoms with Crippen LogP contribution in [0.5, 0.6) is 5.75 Å². The van der Waals surface area contributed by atoms with E-state index >= 15 is 0 Å². The second-order valence-electron chi connectivity index (χ2n) is 6.60. The van der Waals surface area contributed by atoms with Gasteiger partial charge < -0.3 is 4.74 Å². The summed E-state index contributed by atoms with van der Waals surface area (Å²) in [4.78, 5) is 10.6. The first-order valence-corrected chi connectivity index (χ1v) is 9.64. The highest BCUT2D eigenvalue weighted by molar-refractivity contribution is 7.15.